The zero-order chi connectivity index (χ0) is 40.9. The summed E-state index contributed by atoms with van der Waals surface area (Å²) in [6.07, 6.45) is 20.7. The number of phosphoric acid groups is 1. The van der Waals surface area contributed by atoms with Crippen LogP contribution in [0.3, 0.4) is 0 Å². The van der Waals surface area contributed by atoms with Crippen molar-refractivity contribution in [3.8, 4) is 0 Å². The first kappa shape index (κ1) is 51.5. The maximum absolute atomic E-state index is 12.8. The van der Waals surface area contributed by atoms with Crippen LogP contribution in [-0.4, -0.2) is 108 Å². The van der Waals surface area contributed by atoms with Gasteiger partial charge in [0.2, 0.25) is 5.91 Å². The zero-order valence-electron chi connectivity index (χ0n) is 33.6. The van der Waals surface area contributed by atoms with Crippen molar-refractivity contribution in [2.24, 2.45) is 0 Å². The van der Waals surface area contributed by atoms with Crippen LogP contribution in [0.25, 0.3) is 0 Å². The Bertz CT molecular complexity index is 1090. The number of carbonyl (C=O) groups excluding carboxylic acids is 1. The molecule has 1 fully saturated rings. The van der Waals surface area contributed by atoms with Crippen molar-refractivity contribution in [1.29, 1.82) is 0 Å². The van der Waals surface area contributed by atoms with E-state index in [9.17, 15) is 50.0 Å². The average molecular weight is 806 g/mol. The maximum atomic E-state index is 12.8. The molecule has 1 rings (SSSR count). The van der Waals surface area contributed by atoms with Gasteiger partial charge in [-0.1, -0.05) is 140 Å². The van der Waals surface area contributed by atoms with Crippen molar-refractivity contribution in [2.45, 2.75) is 210 Å². The second-order valence-corrected chi connectivity index (χ2v) is 16.4. The van der Waals surface area contributed by atoms with Crippen molar-refractivity contribution in [1.82, 2.24) is 5.32 Å². The van der Waals surface area contributed by atoms with Gasteiger partial charge >= 0.3 is 7.82 Å². The van der Waals surface area contributed by atoms with Gasteiger partial charge in [0.25, 0.3) is 0 Å². The molecule has 0 aromatic heterocycles. The van der Waals surface area contributed by atoms with Crippen LogP contribution in [0, 0.1) is 0 Å². The molecular formula is C41H76NO12P. The molecule has 8 atom stereocenters. The second-order valence-electron chi connectivity index (χ2n) is 15.0. The summed E-state index contributed by atoms with van der Waals surface area (Å²) in [4.78, 5) is 23.1. The van der Waals surface area contributed by atoms with Gasteiger partial charge in [-0.3, -0.25) is 13.8 Å². The minimum absolute atomic E-state index is 0.257. The van der Waals surface area contributed by atoms with Crippen LogP contribution < -0.4 is 5.32 Å². The van der Waals surface area contributed by atoms with Gasteiger partial charge in [0.05, 0.1) is 31.3 Å². The smallest absolute Gasteiger partial charge is 0.393 e. The molecule has 0 radical (unpaired) electrons. The second kappa shape index (κ2) is 31.5. The first-order valence-corrected chi connectivity index (χ1v) is 22.5. The van der Waals surface area contributed by atoms with Crippen molar-refractivity contribution >= 4 is 13.7 Å². The molecule has 1 amide bonds. The molecule has 322 valence electrons. The third kappa shape index (κ3) is 24.1. The minimum atomic E-state index is -5.12. The molecule has 0 aliphatic heterocycles. The van der Waals surface area contributed by atoms with Gasteiger partial charge in [0.15, 0.2) is 0 Å². The van der Waals surface area contributed by atoms with E-state index >= 15 is 0 Å². The summed E-state index contributed by atoms with van der Waals surface area (Å²) in [5.74, 6) is -0.612. The normalized spacial score (nSPS) is 24.8. The molecule has 8 unspecified atom stereocenters. The van der Waals surface area contributed by atoms with Gasteiger partial charge in [-0.2, -0.15) is 0 Å². The predicted octanol–water partition coefficient (Wildman–Crippen LogP) is 5.80. The highest BCUT2D eigenvalue weighted by Gasteiger charge is 2.51. The van der Waals surface area contributed by atoms with Gasteiger partial charge in [-0.15, -0.1) is 0 Å². The number of phosphoric ester groups is 1. The molecule has 0 bridgehead atoms. The Morgan fingerprint density at radius 1 is 0.655 bits per heavy atom. The molecule has 55 heavy (non-hydrogen) atoms. The van der Waals surface area contributed by atoms with Crippen LogP contribution in [-0.2, 0) is 18.4 Å². The van der Waals surface area contributed by atoms with Gasteiger partial charge in [0, 0.05) is 0 Å². The average Bonchev–Trinajstić information content (AvgIpc) is 3.15. The van der Waals surface area contributed by atoms with Crippen molar-refractivity contribution in [2.75, 3.05) is 6.61 Å². The number of carbonyl (C=O) groups is 1. The summed E-state index contributed by atoms with van der Waals surface area (Å²) in [6, 6.07) is -1.24. The van der Waals surface area contributed by atoms with E-state index in [2.05, 4.69) is 36.5 Å². The molecule has 0 aromatic carbocycles. The molecule has 14 heteroatoms. The quantitative estimate of drug-likeness (QED) is 0.0218. The summed E-state index contributed by atoms with van der Waals surface area (Å²) in [5.41, 5.74) is 0. The van der Waals surface area contributed by atoms with Gasteiger partial charge in [-0.05, 0) is 44.9 Å². The van der Waals surface area contributed by atoms with Gasteiger partial charge in [-0.25, -0.2) is 4.57 Å². The van der Waals surface area contributed by atoms with Crippen molar-refractivity contribution in [3.63, 3.8) is 0 Å². The predicted molar refractivity (Wildman–Crippen MR) is 215 cm³/mol. The topological polar surface area (TPSA) is 226 Å². The molecule has 1 aliphatic rings. The molecule has 1 saturated carbocycles. The van der Waals surface area contributed by atoms with Crippen LogP contribution >= 0.6 is 7.82 Å². The lowest BCUT2D eigenvalue weighted by Crippen LogP contribution is -2.64. The molecule has 9 N–H and O–H groups in total. The Morgan fingerprint density at radius 3 is 1.67 bits per heavy atom. The summed E-state index contributed by atoms with van der Waals surface area (Å²) >= 11 is 0. The highest BCUT2D eigenvalue weighted by molar-refractivity contribution is 7.47. The zero-order valence-corrected chi connectivity index (χ0v) is 34.5. The fraction of sp³-hybridized carbons (Fsp3) is 0.829. The standard InChI is InChI=1S/C41H76NO12P/c1-3-5-7-9-10-11-12-13-14-15-16-17-18-19-20-21-22-23-24-25-26-28-32(43)30-35(45)42-33(34(44)29-27-8-6-4-2)31-53-55(51,52)54-41-39(49)37(47)36(46)38(48)40(41)50/h16-17,19-20,27,29,32-34,36-41,43-44,46-50H,3-15,18,21-26,28,30-31H2,1-2H3,(H,42,45)(H,51,52)/b17-16-,20-19-,29-27+. The Labute approximate surface area is 330 Å². The Balaban J connectivity index is 2.36. The highest BCUT2D eigenvalue weighted by atomic mass is 31.2. The van der Waals surface area contributed by atoms with Crippen LogP contribution in [0.1, 0.15) is 155 Å². The molecule has 0 aromatic rings. The number of aliphatic hydroxyl groups excluding tert-OH is 7. The van der Waals surface area contributed by atoms with E-state index in [1.807, 2.05) is 6.92 Å². The van der Waals surface area contributed by atoms with Crippen LogP contribution in [0.15, 0.2) is 36.5 Å². The molecule has 0 spiro atoms. The van der Waals surface area contributed by atoms with E-state index in [-0.39, 0.29) is 6.42 Å². The van der Waals surface area contributed by atoms with E-state index in [1.165, 1.54) is 70.3 Å². The molecule has 1 aliphatic carbocycles. The Hall–Kier alpha value is -1.48. The SMILES string of the molecule is CCCC/C=C/C(O)C(COP(=O)(O)OC1C(O)C(O)C(O)C(O)C1O)NC(=O)CC(O)CCCCCCC/C=C\C/C=C\CCCCCCCCCCC. The first-order chi connectivity index (χ1) is 26.3. The Morgan fingerprint density at radius 2 is 1.13 bits per heavy atom. The highest BCUT2D eigenvalue weighted by Crippen LogP contribution is 2.47. The summed E-state index contributed by atoms with van der Waals surface area (Å²) in [5, 5.41) is 73.6. The third-order valence-electron chi connectivity index (χ3n) is 9.97. The fourth-order valence-electron chi connectivity index (χ4n) is 6.43. The van der Waals surface area contributed by atoms with Crippen LogP contribution in [0.5, 0.6) is 0 Å². The van der Waals surface area contributed by atoms with Crippen LogP contribution in [0.4, 0.5) is 0 Å². The van der Waals surface area contributed by atoms with E-state index in [0.29, 0.717) is 12.8 Å². The number of allylic oxidation sites excluding steroid dienone is 5. The van der Waals surface area contributed by atoms with Gasteiger partial charge < -0.3 is 46.0 Å². The molecular weight excluding hydrogens is 729 g/mol. The molecule has 0 saturated heterocycles. The largest absolute Gasteiger partial charge is 0.472 e. The summed E-state index contributed by atoms with van der Waals surface area (Å²) in [7, 11) is -5.12. The number of amides is 1. The lowest BCUT2D eigenvalue weighted by atomic mass is 9.85. The number of rotatable bonds is 33. The van der Waals surface area contributed by atoms with E-state index in [1.54, 1.807) is 6.08 Å². The first-order valence-electron chi connectivity index (χ1n) is 21.0. The van der Waals surface area contributed by atoms with Crippen molar-refractivity contribution in [3.05, 3.63) is 36.5 Å². The summed E-state index contributed by atoms with van der Waals surface area (Å²) < 4.78 is 22.5. The number of hydrogen-bond acceptors (Lipinski definition) is 11. The Kier molecular flexibility index (Phi) is 29.5. The maximum Gasteiger partial charge on any atom is 0.472 e. The fourth-order valence-corrected chi connectivity index (χ4v) is 7.40. The minimum Gasteiger partial charge on any atom is -0.393 e. The van der Waals surface area contributed by atoms with E-state index in [0.717, 1.165) is 57.8 Å². The van der Waals surface area contributed by atoms with Crippen LogP contribution in [0.2, 0.25) is 0 Å². The summed E-state index contributed by atoms with van der Waals surface area (Å²) in [6.45, 7) is 3.51. The molecule has 0 heterocycles. The van der Waals surface area contributed by atoms with E-state index < -0.39 is 75.2 Å². The van der Waals surface area contributed by atoms with E-state index in [4.69, 9.17) is 9.05 Å². The monoisotopic (exact) mass is 806 g/mol. The molecule has 13 nitrogen and oxygen atoms in total. The lowest BCUT2D eigenvalue weighted by Gasteiger charge is -2.41. The van der Waals surface area contributed by atoms with Crippen molar-refractivity contribution < 1.29 is 59.0 Å². The number of hydrogen-bond donors (Lipinski definition) is 9. The number of unbranched alkanes of at least 4 members (excludes halogenated alkanes) is 16. The number of aliphatic hydroxyl groups is 7. The van der Waals surface area contributed by atoms with Gasteiger partial charge in [0.1, 0.15) is 36.6 Å². The lowest BCUT2D eigenvalue weighted by molar-refractivity contribution is -0.220. The number of nitrogens with one attached hydrogen (secondary N) is 1. The third-order valence-corrected chi connectivity index (χ3v) is 11.0.